The maximum absolute atomic E-state index is 14.7. The molecule has 7 heterocycles. The Morgan fingerprint density at radius 1 is 1.07 bits per heavy atom. The summed E-state index contributed by atoms with van der Waals surface area (Å²) in [4.78, 5) is 72.7. The monoisotopic (exact) mass is 1050 g/mol. The minimum Gasteiger partial charge on any atom is -0.464 e. The molecule has 3 aromatic heterocycles. The first-order valence-corrected chi connectivity index (χ1v) is 24.0. The van der Waals surface area contributed by atoms with Crippen LogP contribution in [-0.2, 0) is 48.0 Å². The van der Waals surface area contributed by atoms with Crippen LogP contribution in [0.25, 0.3) is 33.4 Å². The molecule has 2 N–H and O–H groups in total. The highest BCUT2D eigenvalue weighted by Gasteiger charge is 2.40. The number of rotatable bonds is 8. The SMILES string of the molecule is CCn1c(-c2cccnc2[C@H](C)OC)c2c3cc(ccc31)-c1csc(n1)C[C@H](NC(=O)[C@H](C(C)C)N(C)C(=O)N1CCN3CCOCC3C1)C(=O)N1CCC[C@H](N1)C(=O)OCC(C)(C)C2.S.S.S.S. The van der Waals surface area contributed by atoms with Gasteiger partial charge in [0.25, 0.3) is 5.91 Å². The first kappa shape index (κ1) is 58.0. The lowest BCUT2D eigenvalue weighted by Crippen LogP contribution is -2.64. The standard InChI is InChI=1S/C48H65N9O7S.4H2S/c1-9-56-39-15-14-31-22-34(39)35(43(56)33-12-10-16-49-41(33)30(4)62-8)24-48(5,6)28-64-46(60)36-13-11-17-57(52-36)45(59)37(23-40-50-38(31)27-65-40)51-44(58)42(29(2)3)53(7)47(61)55-19-18-54-20-21-63-26-32(54)25-55;;;;/h10,12,14-16,22,27,29-30,32,36-37,42,52H,9,11,13,17-21,23-26,28H2,1-8H3,(H,51,58);4*1H2/t30-,32?,36-,37-,42-;;;;/m0..../s1. The molecule has 5 atom stereocenters. The minimum absolute atomic E-state index is 0. The predicted molar refractivity (Wildman–Crippen MR) is 290 cm³/mol. The summed E-state index contributed by atoms with van der Waals surface area (Å²) in [6.07, 6.45) is 3.29. The summed E-state index contributed by atoms with van der Waals surface area (Å²) >= 11 is 1.43. The van der Waals surface area contributed by atoms with E-state index in [1.165, 1.54) is 21.2 Å². The number of amides is 4. The largest absolute Gasteiger partial charge is 0.464 e. The zero-order valence-electron chi connectivity index (χ0n) is 41.1. The third kappa shape index (κ3) is 12.4. The summed E-state index contributed by atoms with van der Waals surface area (Å²) in [5.41, 5.74) is 9.39. The van der Waals surface area contributed by atoms with Crippen LogP contribution >= 0.6 is 65.3 Å². The average molecular weight is 1050 g/mol. The van der Waals surface area contributed by atoms with Gasteiger partial charge in [-0.3, -0.25) is 29.3 Å². The molecule has 4 aliphatic rings. The predicted octanol–water partition coefficient (Wildman–Crippen LogP) is 5.75. The first-order valence-electron chi connectivity index (χ1n) is 23.1. The number of aromatic nitrogens is 3. The fourth-order valence-electron chi connectivity index (χ4n) is 10.0. The van der Waals surface area contributed by atoms with E-state index in [1.54, 1.807) is 25.3 Å². The number of likely N-dealkylation sites (N-methyl/N-ethyl adjacent to an activating group) is 1. The highest BCUT2D eigenvalue weighted by Crippen LogP contribution is 2.42. The lowest BCUT2D eigenvalue weighted by molar-refractivity contribution is -0.155. The fourth-order valence-corrected chi connectivity index (χ4v) is 10.9. The summed E-state index contributed by atoms with van der Waals surface area (Å²) in [7, 11) is 3.35. The van der Waals surface area contributed by atoms with Crippen LogP contribution in [0.5, 0.6) is 0 Å². The first-order chi connectivity index (χ1) is 31.2. The van der Waals surface area contributed by atoms with Gasteiger partial charge in [0.1, 0.15) is 18.1 Å². The van der Waals surface area contributed by atoms with Crippen LogP contribution < -0.4 is 10.7 Å². The molecule has 3 fully saturated rings. The summed E-state index contributed by atoms with van der Waals surface area (Å²) < 4.78 is 20.0. The molecule has 0 radical (unpaired) electrons. The summed E-state index contributed by atoms with van der Waals surface area (Å²) in [5, 5.41) is 8.23. The van der Waals surface area contributed by atoms with Gasteiger partial charge in [0, 0.05) is 98.9 Å². The Hall–Kier alpha value is -3.54. The number of hydrazine groups is 1. The Morgan fingerprint density at radius 3 is 2.57 bits per heavy atom. The number of carbonyl (C=O) groups is 4. The van der Waals surface area contributed by atoms with Gasteiger partial charge < -0.3 is 33.9 Å². The molecule has 382 valence electrons. The molecule has 1 aromatic carbocycles. The number of morpholine rings is 1. The summed E-state index contributed by atoms with van der Waals surface area (Å²) in [5.74, 6) is -1.54. The zero-order valence-corrected chi connectivity index (χ0v) is 45.9. The van der Waals surface area contributed by atoms with Gasteiger partial charge in [-0.1, -0.05) is 33.8 Å². The van der Waals surface area contributed by atoms with Crippen LogP contribution in [0, 0.1) is 11.3 Å². The van der Waals surface area contributed by atoms with Gasteiger partial charge in [-0.15, -0.1) is 11.3 Å². The van der Waals surface area contributed by atoms with E-state index in [1.807, 2.05) is 32.2 Å². The summed E-state index contributed by atoms with van der Waals surface area (Å²) in [6.45, 7) is 17.3. The smallest absolute Gasteiger partial charge is 0.324 e. The second-order valence-corrected chi connectivity index (χ2v) is 20.0. The van der Waals surface area contributed by atoms with Crippen LogP contribution in [0.15, 0.2) is 41.9 Å². The van der Waals surface area contributed by atoms with E-state index in [2.05, 4.69) is 65.2 Å². The Kier molecular flexibility index (Phi) is 20.8. The number of nitrogens with one attached hydrogen (secondary N) is 2. The van der Waals surface area contributed by atoms with Crippen molar-refractivity contribution in [2.45, 2.75) is 104 Å². The normalized spacial score (nSPS) is 21.5. The van der Waals surface area contributed by atoms with E-state index in [0.717, 1.165) is 57.8 Å². The zero-order chi connectivity index (χ0) is 46.2. The van der Waals surface area contributed by atoms with Crippen LogP contribution in [0.4, 0.5) is 4.79 Å². The molecule has 16 nitrogen and oxygen atoms in total. The van der Waals surface area contributed by atoms with E-state index in [4.69, 9.17) is 24.2 Å². The van der Waals surface area contributed by atoms with Crippen molar-refractivity contribution in [2.75, 3.05) is 66.7 Å². The Labute approximate surface area is 438 Å². The Morgan fingerprint density at radius 2 is 1.84 bits per heavy atom. The second kappa shape index (κ2) is 24.7. The van der Waals surface area contributed by atoms with Crippen molar-refractivity contribution < 1.29 is 33.4 Å². The topological polar surface area (TPSA) is 164 Å². The molecular weight excluding hydrogens is 975 g/mol. The number of esters is 1. The molecule has 4 amide bonds. The van der Waals surface area contributed by atoms with Gasteiger partial charge in [0.15, 0.2) is 0 Å². The highest BCUT2D eigenvalue weighted by molar-refractivity contribution is 7.59. The van der Waals surface area contributed by atoms with Crippen molar-refractivity contribution in [3.8, 4) is 22.5 Å². The number of pyridine rings is 1. The van der Waals surface area contributed by atoms with Gasteiger partial charge in [-0.05, 0) is 68.9 Å². The minimum atomic E-state index is -1.05. The molecule has 0 aliphatic carbocycles. The third-order valence-corrected chi connectivity index (χ3v) is 14.4. The van der Waals surface area contributed by atoms with Crippen LogP contribution in [0.1, 0.15) is 76.8 Å². The molecule has 0 saturated carbocycles. The van der Waals surface area contributed by atoms with E-state index in [0.29, 0.717) is 63.7 Å². The number of piperazine rings is 1. The van der Waals surface area contributed by atoms with Crippen molar-refractivity contribution in [3.63, 3.8) is 0 Å². The number of urea groups is 1. The average Bonchev–Trinajstić information content (AvgIpc) is 3.90. The summed E-state index contributed by atoms with van der Waals surface area (Å²) in [6, 6.07) is 7.67. The number of benzene rings is 1. The molecule has 4 aliphatic heterocycles. The van der Waals surface area contributed by atoms with Crippen LogP contribution in [0.2, 0.25) is 0 Å². The van der Waals surface area contributed by atoms with E-state index in [-0.39, 0.29) is 91.1 Å². The molecular formula is C48H73N9O7S5. The number of hydrogen-bond acceptors (Lipinski definition) is 12. The number of hydrogen-bond donors (Lipinski definition) is 2. The quantitative estimate of drug-likeness (QED) is 0.207. The lowest BCUT2D eigenvalue weighted by Gasteiger charge is -2.45. The Balaban J connectivity index is 0.00000259. The van der Waals surface area contributed by atoms with Crippen molar-refractivity contribution in [3.05, 3.63) is 58.2 Å². The number of fused-ring (bicyclic) bond motifs is 7. The Bertz CT molecular complexity index is 2420. The molecule has 1 unspecified atom stereocenters. The maximum atomic E-state index is 14.7. The number of aryl methyl sites for hydroxylation is 1. The third-order valence-electron chi connectivity index (χ3n) is 13.5. The second-order valence-electron chi connectivity index (χ2n) is 19.1. The number of carbonyl (C=O) groups excluding carboxylic acids is 4. The molecule has 0 spiro atoms. The van der Waals surface area contributed by atoms with Gasteiger partial charge in [-0.25, -0.2) is 15.2 Å². The van der Waals surface area contributed by atoms with Gasteiger partial charge >= 0.3 is 12.0 Å². The fraction of sp³-hybridized carbons (Fsp3) is 0.583. The number of nitrogens with zero attached hydrogens (tertiary/aromatic N) is 7. The molecule has 69 heavy (non-hydrogen) atoms. The van der Waals surface area contributed by atoms with Crippen molar-refractivity contribution in [2.24, 2.45) is 11.3 Å². The number of ether oxygens (including phenoxy) is 3. The molecule has 21 heteroatoms. The highest BCUT2D eigenvalue weighted by atomic mass is 32.1. The van der Waals surface area contributed by atoms with Crippen LogP contribution in [0.3, 0.4) is 0 Å². The lowest BCUT2D eigenvalue weighted by atomic mass is 9.84. The van der Waals surface area contributed by atoms with E-state index in [9.17, 15) is 19.2 Å². The molecule has 4 aromatic rings. The van der Waals surface area contributed by atoms with Gasteiger partial charge in [0.2, 0.25) is 5.91 Å². The molecule has 8 rings (SSSR count). The maximum Gasteiger partial charge on any atom is 0.324 e. The van der Waals surface area contributed by atoms with Crippen LogP contribution in [-0.4, -0.2) is 149 Å². The molecule has 3 saturated heterocycles. The van der Waals surface area contributed by atoms with E-state index < -0.39 is 41.3 Å². The van der Waals surface area contributed by atoms with Crippen molar-refractivity contribution in [1.29, 1.82) is 0 Å². The number of cyclic esters (lactones) is 1. The van der Waals surface area contributed by atoms with E-state index >= 15 is 0 Å². The molecule has 6 bridgehead atoms. The number of methoxy groups -OCH3 is 1. The van der Waals surface area contributed by atoms with Gasteiger partial charge in [0.05, 0.1) is 54.1 Å². The van der Waals surface area contributed by atoms with Crippen molar-refractivity contribution in [1.82, 2.24) is 45.0 Å². The van der Waals surface area contributed by atoms with Crippen molar-refractivity contribution >= 4 is 100 Å². The van der Waals surface area contributed by atoms with Gasteiger partial charge in [-0.2, -0.15) is 54.0 Å². The number of thiazole rings is 1.